The minimum atomic E-state index is 0. The van der Waals surface area contributed by atoms with E-state index >= 15 is 0 Å². The van der Waals surface area contributed by atoms with E-state index in [1.54, 1.807) is 0 Å². The molecule has 1 aliphatic carbocycles. The lowest BCUT2D eigenvalue weighted by atomic mass is 9.84. The van der Waals surface area contributed by atoms with Gasteiger partial charge in [-0.05, 0) is 49.0 Å². The zero-order valence-electron chi connectivity index (χ0n) is 13.9. The number of nitrogens with zero attached hydrogens (tertiary/aromatic N) is 1. The van der Waals surface area contributed by atoms with E-state index < -0.39 is 0 Å². The summed E-state index contributed by atoms with van der Waals surface area (Å²) < 4.78 is 0. The maximum absolute atomic E-state index is 6.51. The SMILES string of the molecule is CCN(CC)C/C=C/c1ccc(C2CCCCC2)c(Cl)c1.Cl. The normalized spacial score (nSPS) is 16.2. The molecule has 0 atom stereocenters. The molecule has 1 nitrogen and oxygen atoms in total. The molecule has 1 fully saturated rings. The van der Waals surface area contributed by atoms with Crippen LogP contribution in [0.1, 0.15) is 63.0 Å². The van der Waals surface area contributed by atoms with Gasteiger partial charge < -0.3 is 4.90 Å². The van der Waals surface area contributed by atoms with Crippen LogP contribution in [0.3, 0.4) is 0 Å². The third-order valence-electron chi connectivity index (χ3n) is 4.64. The predicted molar refractivity (Wildman–Crippen MR) is 101 cm³/mol. The highest BCUT2D eigenvalue weighted by Gasteiger charge is 2.17. The molecule has 0 N–H and O–H groups in total. The Labute approximate surface area is 147 Å². The van der Waals surface area contributed by atoms with Crippen molar-refractivity contribution >= 4 is 30.1 Å². The van der Waals surface area contributed by atoms with Crippen molar-refractivity contribution in [3.8, 4) is 0 Å². The first-order valence-electron chi connectivity index (χ1n) is 8.43. The first kappa shape index (κ1) is 19.5. The highest BCUT2D eigenvalue weighted by Crippen LogP contribution is 2.36. The largest absolute Gasteiger partial charge is 0.300 e. The Balaban J connectivity index is 0.00000242. The van der Waals surface area contributed by atoms with Gasteiger partial charge in [-0.2, -0.15) is 0 Å². The number of likely N-dealkylation sites (N-methyl/N-ethyl adjacent to an activating group) is 1. The molecule has 0 aromatic heterocycles. The highest BCUT2D eigenvalue weighted by atomic mass is 35.5. The second-order valence-corrected chi connectivity index (χ2v) is 6.41. The molecule has 22 heavy (non-hydrogen) atoms. The summed E-state index contributed by atoms with van der Waals surface area (Å²) in [6.07, 6.45) is 11.1. The predicted octanol–water partition coefficient (Wildman–Crippen LogP) is 6.16. The van der Waals surface area contributed by atoms with E-state index in [-0.39, 0.29) is 12.4 Å². The smallest absolute Gasteiger partial charge is 0.0446 e. The van der Waals surface area contributed by atoms with Crippen molar-refractivity contribution in [1.29, 1.82) is 0 Å². The molecule has 0 radical (unpaired) electrons. The maximum atomic E-state index is 6.51. The van der Waals surface area contributed by atoms with Gasteiger partial charge in [0.2, 0.25) is 0 Å². The fourth-order valence-electron chi connectivity index (χ4n) is 3.21. The maximum Gasteiger partial charge on any atom is 0.0446 e. The molecule has 3 heteroatoms. The molecular weight excluding hydrogens is 313 g/mol. The van der Waals surface area contributed by atoms with Crippen molar-refractivity contribution in [2.75, 3.05) is 19.6 Å². The van der Waals surface area contributed by atoms with Crippen LogP contribution in [0.15, 0.2) is 24.3 Å². The van der Waals surface area contributed by atoms with E-state index in [9.17, 15) is 0 Å². The lowest BCUT2D eigenvalue weighted by Gasteiger charge is -2.23. The van der Waals surface area contributed by atoms with Crippen molar-refractivity contribution in [2.45, 2.75) is 51.9 Å². The lowest BCUT2D eigenvalue weighted by Crippen LogP contribution is -2.22. The van der Waals surface area contributed by atoms with Gasteiger partial charge in [-0.25, -0.2) is 0 Å². The van der Waals surface area contributed by atoms with E-state index in [1.165, 1.54) is 43.2 Å². The average molecular weight is 342 g/mol. The molecule has 0 amide bonds. The zero-order valence-corrected chi connectivity index (χ0v) is 15.4. The summed E-state index contributed by atoms with van der Waals surface area (Å²) in [6, 6.07) is 6.59. The molecule has 0 aliphatic heterocycles. The molecule has 1 aromatic rings. The molecule has 1 aromatic carbocycles. The zero-order chi connectivity index (χ0) is 15.1. The average Bonchev–Trinajstić information content (AvgIpc) is 2.52. The van der Waals surface area contributed by atoms with Crippen molar-refractivity contribution < 1.29 is 0 Å². The van der Waals surface area contributed by atoms with Crippen LogP contribution in [0.2, 0.25) is 5.02 Å². The van der Waals surface area contributed by atoms with Crippen LogP contribution in [-0.4, -0.2) is 24.5 Å². The van der Waals surface area contributed by atoms with Gasteiger partial charge in [0.05, 0.1) is 0 Å². The fraction of sp³-hybridized carbons (Fsp3) is 0.579. The monoisotopic (exact) mass is 341 g/mol. The summed E-state index contributed by atoms with van der Waals surface area (Å²) in [5.74, 6) is 0.681. The Morgan fingerprint density at radius 3 is 2.41 bits per heavy atom. The van der Waals surface area contributed by atoms with E-state index in [4.69, 9.17) is 11.6 Å². The van der Waals surface area contributed by atoms with Gasteiger partial charge in [0, 0.05) is 11.6 Å². The van der Waals surface area contributed by atoms with Gasteiger partial charge in [-0.1, -0.05) is 69.0 Å². The number of hydrogen-bond donors (Lipinski definition) is 0. The van der Waals surface area contributed by atoms with E-state index in [0.29, 0.717) is 5.92 Å². The highest BCUT2D eigenvalue weighted by molar-refractivity contribution is 6.31. The van der Waals surface area contributed by atoms with Gasteiger partial charge in [0.25, 0.3) is 0 Å². The molecule has 0 saturated heterocycles. The van der Waals surface area contributed by atoms with Crippen molar-refractivity contribution in [1.82, 2.24) is 4.90 Å². The third-order valence-corrected chi connectivity index (χ3v) is 4.97. The van der Waals surface area contributed by atoms with Crippen LogP contribution in [0.4, 0.5) is 0 Å². The van der Waals surface area contributed by atoms with E-state index in [2.05, 4.69) is 49.1 Å². The van der Waals surface area contributed by atoms with Crippen LogP contribution >= 0.6 is 24.0 Å². The molecule has 124 valence electrons. The summed E-state index contributed by atoms with van der Waals surface area (Å²) in [7, 11) is 0. The number of halogens is 2. The minimum Gasteiger partial charge on any atom is -0.300 e. The van der Waals surface area contributed by atoms with Crippen LogP contribution < -0.4 is 0 Å². The topological polar surface area (TPSA) is 3.24 Å². The number of hydrogen-bond acceptors (Lipinski definition) is 1. The Kier molecular flexibility index (Phi) is 9.16. The first-order chi connectivity index (χ1) is 10.2. The second-order valence-electron chi connectivity index (χ2n) is 6.00. The van der Waals surface area contributed by atoms with Crippen LogP contribution in [0, 0.1) is 0 Å². The van der Waals surface area contributed by atoms with Crippen LogP contribution in [0.5, 0.6) is 0 Å². The second kappa shape index (κ2) is 10.3. The molecule has 1 aliphatic rings. The van der Waals surface area contributed by atoms with Crippen molar-refractivity contribution in [3.63, 3.8) is 0 Å². The molecule has 0 bridgehead atoms. The molecule has 2 rings (SSSR count). The molecule has 0 heterocycles. The Morgan fingerprint density at radius 1 is 1.14 bits per heavy atom. The fourth-order valence-corrected chi connectivity index (χ4v) is 3.55. The number of benzene rings is 1. The van der Waals surface area contributed by atoms with Crippen molar-refractivity contribution in [2.24, 2.45) is 0 Å². The third kappa shape index (κ3) is 5.61. The quantitative estimate of drug-likeness (QED) is 0.598. The summed E-state index contributed by atoms with van der Waals surface area (Å²) in [4.78, 5) is 2.40. The lowest BCUT2D eigenvalue weighted by molar-refractivity contribution is 0.338. The summed E-state index contributed by atoms with van der Waals surface area (Å²) in [5, 5.41) is 0.951. The number of rotatable bonds is 6. The van der Waals surface area contributed by atoms with Crippen LogP contribution in [0.25, 0.3) is 6.08 Å². The first-order valence-corrected chi connectivity index (χ1v) is 8.80. The Bertz CT molecular complexity index is 461. The summed E-state index contributed by atoms with van der Waals surface area (Å²) in [6.45, 7) is 7.61. The van der Waals surface area contributed by atoms with Gasteiger partial charge >= 0.3 is 0 Å². The van der Waals surface area contributed by atoms with Gasteiger partial charge in [0.1, 0.15) is 0 Å². The molecule has 1 saturated carbocycles. The Hall–Kier alpha value is -0.500. The standard InChI is InChI=1S/C19H28ClN.ClH/c1-3-21(4-2)14-8-9-16-12-13-18(19(20)15-16)17-10-6-5-7-11-17;/h8-9,12-13,15,17H,3-7,10-11,14H2,1-2H3;1H/b9-8+;. The van der Waals surface area contributed by atoms with Crippen molar-refractivity contribution in [3.05, 3.63) is 40.4 Å². The van der Waals surface area contributed by atoms with Gasteiger partial charge in [-0.15, -0.1) is 12.4 Å². The van der Waals surface area contributed by atoms with Gasteiger partial charge in [-0.3, -0.25) is 0 Å². The summed E-state index contributed by atoms with van der Waals surface area (Å²) >= 11 is 6.51. The molecular formula is C19H29Cl2N. The van der Waals surface area contributed by atoms with Crippen LogP contribution in [-0.2, 0) is 0 Å². The van der Waals surface area contributed by atoms with E-state index in [0.717, 1.165) is 24.7 Å². The van der Waals surface area contributed by atoms with Gasteiger partial charge in [0.15, 0.2) is 0 Å². The van der Waals surface area contributed by atoms with E-state index in [1.807, 2.05) is 0 Å². The minimum absolute atomic E-state index is 0. The summed E-state index contributed by atoms with van der Waals surface area (Å²) in [5.41, 5.74) is 2.57. The molecule has 0 spiro atoms. The Morgan fingerprint density at radius 2 is 1.82 bits per heavy atom. The molecule has 0 unspecified atom stereocenters.